The van der Waals surface area contributed by atoms with Crippen molar-refractivity contribution < 1.29 is 4.74 Å². The van der Waals surface area contributed by atoms with E-state index in [1.165, 1.54) is 93.7 Å². The van der Waals surface area contributed by atoms with Crippen molar-refractivity contribution in [1.29, 1.82) is 0 Å². The van der Waals surface area contributed by atoms with Crippen LogP contribution in [0, 0.1) is 6.92 Å². The van der Waals surface area contributed by atoms with E-state index < -0.39 is 0 Å². The summed E-state index contributed by atoms with van der Waals surface area (Å²) in [6, 6.07) is 4.70. The molecule has 0 aliphatic carbocycles. The molecular formula is C24H42O. The molecule has 0 amide bonds. The SMILES string of the molecule is CCCCCCCCCc1cc(CC)c(OCCCCCC)cc1C. The average Bonchev–Trinajstić information content (AvgIpc) is 2.62. The lowest BCUT2D eigenvalue weighted by Gasteiger charge is -2.15. The maximum Gasteiger partial charge on any atom is 0.122 e. The van der Waals surface area contributed by atoms with Crippen molar-refractivity contribution in [2.45, 2.75) is 111 Å². The van der Waals surface area contributed by atoms with Crippen LogP contribution in [0.2, 0.25) is 0 Å². The Labute approximate surface area is 157 Å². The molecule has 0 spiro atoms. The van der Waals surface area contributed by atoms with Gasteiger partial charge in [0.2, 0.25) is 0 Å². The first kappa shape index (κ1) is 22.1. The Balaban J connectivity index is 2.42. The number of hydrogen-bond donors (Lipinski definition) is 0. The topological polar surface area (TPSA) is 9.23 Å². The van der Waals surface area contributed by atoms with E-state index in [-0.39, 0.29) is 0 Å². The van der Waals surface area contributed by atoms with Crippen molar-refractivity contribution in [2.75, 3.05) is 6.61 Å². The second-order valence-electron chi connectivity index (χ2n) is 7.52. The minimum Gasteiger partial charge on any atom is -0.493 e. The molecule has 0 heterocycles. The summed E-state index contributed by atoms with van der Waals surface area (Å²) in [5.41, 5.74) is 4.33. The van der Waals surface area contributed by atoms with Crippen molar-refractivity contribution in [1.82, 2.24) is 0 Å². The molecule has 144 valence electrons. The third kappa shape index (κ3) is 9.33. The van der Waals surface area contributed by atoms with Gasteiger partial charge in [-0.1, -0.05) is 84.6 Å². The standard InChI is InChI=1S/C24H42O/c1-5-8-10-12-13-14-15-17-23-20-22(7-3)24(19-21(23)4)25-18-16-11-9-6-2/h19-20H,5-18H2,1-4H3. The fraction of sp³-hybridized carbons (Fsp3) is 0.750. The minimum absolute atomic E-state index is 0.865. The second-order valence-corrected chi connectivity index (χ2v) is 7.52. The molecular weight excluding hydrogens is 304 g/mol. The van der Waals surface area contributed by atoms with Crippen LogP contribution >= 0.6 is 0 Å². The number of aryl methyl sites for hydroxylation is 3. The van der Waals surface area contributed by atoms with Gasteiger partial charge in [0.1, 0.15) is 5.75 Å². The molecule has 0 aliphatic rings. The first-order chi connectivity index (χ1) is 12.2. The van der Waals surface area contributed by atoms with E-state index in [1.807, 2.05) is 0 Å². The van der Waals surface area contributed by atoms with Gasteiger partial charge in [-0.05, 0) is 55.4 Å². The van der Waals surface area contributed by atoms with Gasteiger partial charge in [-0.25, -0.2) is 0 Å². The molecule has 1 rings (SSSR count). The van der Waals surface area contributed by atoms with E-state index in [0.717, 1.165) is 18.8 Å². The molecule has 0 N–H and O–H groups in total. The third-order valence-electron chi connectivity index (χ3n) is 5.21. The van der Waals surface area contributed by atoms with Gasteiger partial charge in [0.25, 0.3) is 0 Å². The predicted molar refractivity (Wildman–Crippen MR) is 112 cm³/mol. The van der Waals surface area contributed by atoms with E-state index in [2.05, 4.69) is 39.8 Å². The van der Waals surface area contributed by atoms with Crippen molar-refractivity contribution in [2.24, 2.45) is 0 Å². The van der Waals surface area contributed by atoms with Gasteiger partial charge in [-0.3, -0.25) is 0 Å². The monoisotopic (exact) mass is 346 g/mol. The number of hydrogen-bond acceptors (Lipinski definition) is 1. The zero-order valence-electron chi connectivity index (χ0n) is 17.5. The lowest BCUT2D eigenvalue weighted by atomic mass is 9.97. The van der Waals surface area contributed by atoms with E-state index >= 15 is 0 Å². The zero-order chi connectivity index (χ0) is 18.3. The summed E-state index contributed by atoms with van der Waals surface area (Å²) >= 11 is 0. The van der Waals surface area contributed by atoms with Crippen LogP contribution in [0.3, 0.4) is 0 Å². The smallest absolute Gasteiger partial charge is 0.122 e. The third-order valence-corrected chi connectivity index (χ3v) is 5.21. The summed E-state index contributed by atoms with van der Waals surface area (Å²) in [5.74, 6) is 1.12. The number of rotatable bonds is 15. The molecule has 1 aromatic rings. The minimum atomic E-state index is 0.865. The van der Waals surface area contributed by atoms with Gasteiger partial charge >= 0.3 is 0 Å². The first-order valence-corrected chi connectivity index (χ1v) is 11.0. The van der Waals surface area contributed by atoms with Crippen LogP contribution in [0.1, 0.15) is 108 Å². The highest BCUT2D eigenvalue weighted by Crippen LogP contribution is 2.26. The average molecular weight is 347 g/mol. The summed E-state index contributed by atoms with van der Waals surface area (Å²) in [7, 11) is 0. The first-order valence-electron chi connectivity index (χ1n) is 11.0. The van der Waals surface area contributed by atoms with E-state index in [0.29, 0.717) is 0 Å². The van der Waals surface area contributed by atoms with Crippen LogP contribution in [0.5, 0.6) is 5.75 Å². The molecule has 0 unspecified atom stereocenters. The van der Waals surface area contributed by atoms with Crippen LogP contribution in [0.25, 0.3) is 0 Å². The predicted octanol–water partition coefficient (Wildman–Crippen LogP) is 7.81. The van der Waals surface area contributed by atoms with E-state index in [4.69, 9.17) is 4.74 Å². The molecule has 1 heteroatoms. The lowest BCUT2D eigenvalue weighted by Crippen LogP contribution is -2.02. The molecule has 0 radical (unpaired) electrons. The van der Waals surface area contributed by atoms with Gasteiger partial charge in [-0.2, -0.15) is 0 Å². The number of benzene rings is 1. The van der Waals surface area contributed by atoms with Crippen LogP contribution < -0.4 is 4.74 Å². The highest BCUT2D eigenvalue weighted by atomic mass is 16.5. The summed E-state index contributed by atoms with van der Waals surface area (Å²) in [6.07, 6.45) is 17.0. The molecule has 0 saturated heterocycles. The van der Waals surface area contributed by atoms with Gasteiger partial charge < -0.3 is 4.74 Å². The fourth-order valence-electron chi connectivity index (χ4n) is 3.44. The Bertz CT molecular complexity index is 450. The fourth-order valence-corrected chi connectivity index (χ4v) is 3.44. The van der Waals surface area contributed by atoms with Gasteiger partial charge in [-0.15, -0.1) is 0 Å². The summed E-state index contributed by atoms with van der Waals surface area (Å²) in [6.45, 7) is 9.89. The number of unbranched alkanes of at least 4 members (excludes halogenated alkanes) is 9. The van der Waals surface area contributed by atoms with Crippen LogP contribution in [0.15, 0.2) is 12.1 Å². The Morgan fingerprint density at radius 1 is 0.680 bits per heavy atom. The highest BCUT2D eigenvalue weighted by molar-refractivity contribution is 5.42. The Morgan fingerprint density at radius 2 is 1.28 bits per heavy atom. The van der Waals surface area contributed by atoms with Crippen molar-refractivity contribution in [3.8, 4) is 5.75 Å². The second kappa shape index (κ2) is 14.2. The van der Waals surface area contributed by atoms with Crippen molar-refractivity contribution in [3.05, 3.63) is 28.8 Å². The van der Waals surface area contributed by atoms with E-state index in [1.54, 1.807) is 0 Å². The van der Waals surface area contributed by atoms with Crippen molar-refractivity contribution in [3.63, 3.8) is 0 Å². The summed E-state index contributed by atoms with van der Waals surface area (Å²) in [5, 5.41) is 0. The normalized spacial score (nSPS) is 11.0. The Morgan fingerprint density at radius 3 is 1.92 bits per heavy atom. The van der Waals surface area contributed by atoms with Gasteiger partial charge in [0.15, 0.2) is 0 Å². The lowest BCUT2D eigenvalue weighted by molar-refractivity contribution is 0.302. The van der Waals surface area contributed by atoms with Crippen LogP contribution in [-0.4, -0.2) is 6.61 Å². The molecule has 0 aliphatic heterocycles. The molecule has 0 fully saturated rings. The maximum atomic E-state index is 6.09. The largest absolute Gasteiger partial charge is 0.493 e. The van der Waals surface area contributed by atoms with Crippen LogP contribution in [-0.2, 0) is 12.8 Å². The molecule has 1 aromatic carbocycles. The molecule has 0 atom stereocenters. The summed E-state index contributed by atoms with van der Waals surface area (Å²) < 4.78 is 6.09. The number of ether oxygens (including phenoxy) is 1. The van der Waals surface area contributed by atoms with Gasteiger partial charge in [0, 0.05) is 0 Å². The van der Waals surface area contributed by atoms with E-state index in [9.17, 15) is 0 Å². The molecule has 0 saturated carbocycles. The Hall–Kier alpha value is -0.980. The maximum absolute atomic E-state index is 6.09. The van der Waals surface area contributed by atoms with Gasteiger partial charge in [0.05, 0.1) is 6.61 Å². The van der Waals surface area contributed by atoms with Crippen molar-refractivity contribution >= 4 is 0 Å². The molecule has 25 heavy (non-hydrogen) atoms. The Kier molecular flexibility index (Phi) is 12.5. The zero-order valence-corrected chi connectivity index (χ0v) is 17.5. The quantitative estimate of drug-likeness (QED) is 0.294. The molecule has 0 bridgehead atoms. The summed E-state index contributed by atoms with van der Waals surface area (Å²) in [4.78, 5) is 0. The molecule has 1 nitrogen and oxygen atoms in total. The highest BCUT2D eigenvalue weighted by Gasteiger charge is 2.08. The van der Waals surface area contributed by atoms with Crippen LogP contribution in [0.4, 0.5) is 0 Å². The molecule has 0 aromatic heterocycles.